The van der Waals surface area contributed by atoms with Crippen LogP contribution in [0.2, 0.25) is 0 Å². The van der Waals surface area contributed by atoms with E-state index in [1.54, 1.807) is 30.3 Å². The van der Waals surface area contributed by atoms with E-state index in [1.165, 1.54) is 53.8 Å². The lowest BCUT2D eigenvalue weighted by Crippen LogP contribution is -2.59. The molecule has 6 N–H and O–H groups in total. The van der Waals surface area contributed by atoms with Crippen LogP contribution in [0.15, 0.2) is 48.5 Å². The molecule has 8 unspecified atom stereocenters. The van der Waals surface area contributed by atoms with Crippen molar-refractivity contribution in [3.05, 3.63) is 65.2 Å². The van der Waals surface area contributed by atoms with Crippen LogP contribution >= 0.6 is 0 Å². The Bertz CT molecular complexity index is 1730. The molecule has 0 bridgehead atoms. The molecule has 0 saturated carbocycles. The van der Waals surface area contributed by atoms with Gasteiger partial charge in [0.2, 0.25) is 11.5 Å². The van der Waals surface area contributed by atoms with Crippen molar-refractivity contribution in [1.29, 1.82) is 0 Å². The van der Waals surface area contributed by atoms with E-state index >= 15 is 0 Å². The number of ether oxygens (including phenoxy) is 9. The van der Waals surface area contributed by atoms with Crippen molar-refractivity contribution in [2.75, 3.05) is 55.4 Å². The van der Waals surface area contributed by atoms with Crippen LogP contribution in [0.5, 0.6) is 46.0 Å². The van der Waals surface area contributed by atoms with Crippen molar-refractivity contribution in [1.82, 2.24) is 0 Å². The lowest BCUT2D eigenvalue weighted by atomic mass is 9.84. The minimum absolute atomic E-state index is 0.0656. The number of phenols is 3. The molecule has 8 atom stereocenters. The van der Waals surface area contributed by atoms with Crippen molar-refractivity contribution in [2.24, 2.45) is 11.8 Å². The highest BCUT2D eigenvalue weighted by atomic mass is 16.7. The van der Waals surface area contributed by atoms with Gasteiger partial charge in [-0.3, -0.25) is 0 Å². The van der Waals surface area contributed by atoms with Gasteiger partial charge in [-0.05, 0) is 71.5 Å². The van der Waals surface area contributed by atoms with E-state index in [2.05, 4.69) is 0 Å². The zero-order chi connectivity index (χ0) is 39.1. The van der Waals surface area contributed by atoms with Crippen LogP contribution in [0, 0.1) is 11.8 Å². The molecule has 3 aromatic carbocycles. The summed E-state index contributed by atoms with van der Waals surface area (Å²) >= 11 is 0. The standard InChI is InChI=1S/C38H46O16/c1-46-25-11-19(6-8-24(25)39)7-9-31(40)51-18-30-34(43)35(44)36(45)38(54-30)53-17-23-22(10-20-12-26(47-2)32(41)27(13-20)48-3)16-52-37(23)21-14-28(49-4)33(42)29(15-21)50-5/h6-9,11-15,22-23,30,34-39,41-45H,10,16-18H2,1-5H3. The van der Waals surface area contributed by atoms with E-state index in [9.17, 15) is 35.4 Å². The third kappa shape index (κ3) is 8.86. The normalized spacial score (nSPS) is 25.3. The van der Waals surface area contributed by atoms with E-state index in [0.29, 0.717) is 17.5 Å². The maximum absolute atomic E-state index is 12.5. The molecule has 2 saturated heterocycles. The number of esters is 1. The Balaban J connectivity index is 1.33. The Kier molecular flexibility index (Phi) is 13.3. The number of aromatic hydroxyl groups is 3. The summed E-state index contributed by atoms with van der Waals surface area (Å²) in [7, 11) is 7.06. The second kappa shape index (κ2) is 17.9. The number of hydrogen-bond donors (Lipinski definition) is 6. The number of carbonyl (C=O) groups excluding carboxylic acids is 1. The van der Waals surface area contributed by atoms with Crippen molar-refractivity contribution >= 4 is 12.0 Å². The summed E-state index contributed by atoms with van der Waals surface area (Å²) in [5.41, 5.74) is 1.90. The molecule has 16 nitrogen and oxygen atoms in total. The fourth-order valence-electron chi connectivity index (χ4n) is 6.52. The summed E-state index contributed by atoms with van der Waals surface area (Å²) in [6, 6.07) is 11.1. The fourth-order valence-corrected chi connectivity index (χ4v) is 6.52. The number of phenolic OH excluding ortho intramolecular Hbond substituents is 3. The first-order valence-electron chi connectivity index (χ1n) is 17.0. The highest BCUT2D eigenvalue weighted by Crippen LogP contribution is 2.47. The Morgan fingerprint density at radius 2 is 1.35 bits per heavy atom. The molecular weight excluding hydrogens is 712 g/mol. The number of hydrogen-bond acceptors (Lipinski definition) is 16. The molecule has 54 heavy (non-hydrogen) atoms. The third-order valence-electron chi connectivity index (χ3n) is 9.48. The van der Waals surface area contributed by atoms with Crippen LogP contribution in [-0.2, 0) is 30.2 Å². The second-order valence-corrected chi connectivity index (χ2v) is 12.7. The van der Waals surface area contributed by atoms with Gasteiger partial charge in [-0.2, -0.15) is 0 Å². The second-order valence-electron chi connectivity index (χ2n) is 12.7. The van der Waals surface area contributed by atoms with Crippen molar-refractivity contribution in [3.63, 3.8) is 0 Å². The number of benzene rings is 3. The number of methoxy groups -OCH3 is 5. The monoisotopic (exact) mass is 758 g/mol. The van der Waals surface area contributed by atoms with Gasteiger partial charge in [0.1, 0.15) is 31.0 Å². The predicted octanol–water partition coefficient (Wildman–Crippen LogP) is 2.47. The molecule has 0 aromatic heterocycles. The van der Waals surface area contributed by atoms with Gasteiger partial charge in [0.15, 0.2) is 40.8 Å². The Morgan fingerprint density at radius 1 is 0.759 bits per heavy atom. The number of rotatable bonds is 15. The molecule has 2 aliphatic heterocycles. The fraction of sp³-hybridized carbons (Fsp3) is 0.447. The topological polar surface area (TPSA) is 222 Å². The summed E-state index contributed by atoms with van der Waals surface area (Å²) in [4.78, 5) is 12.5. The molecule has 2 fully saturated rings. The molecule has 16 heteroatoms. The molecule has 294 valence electrons. The Morgan fingerprint density at radius 3 is 1.94 bits per heavy atom. The van der Waals surface area contributed by atoms with E-state index in [-0.39, 0.29) is 65.1 Å². The zero-order valence-corrected chi connectivity index (χ0v) is 30.4. The van der Waals surface area contributed by atoms with Gasteiger partial charge < -0.3 is 73.3 Å². The van der Waals surface area contributed by atoms with Gasteiger partial charge in [0, 0.05) is 12.0 Å². The highest BCUT2D eigenvalue weighted by Gasteiger charge is 2.46. The molecule has 3 aromatic rings. The summed E-state index contributed by atoms with van der Waals surface area (Å²) in [5.74, 6) is -0.921. The molecule has 0 amide bonds. The molecule has 5 rings (SSSR count). The molecular formula is C38H46O16. The van der Waals surface area contributed by atoms with Crippen LogP contribution < -0.4 is 23.7 Å². The van der Waals surface area contributed by atoms with Crippen molar-refractivity contribution < 1.29 is 78.1 Å². The largest absolute Gasteiger partial charge is 0.504 e. The first-order chi connectivity index (χ1) is 25.9. The number of carbonyl (C=O) groups is 1. The van der Waals surface area contributed by atoms with Gasteiger partial charge in [0.25, 0.3) is 0 Å². The first kappa shape index (κ1) is 40.2. The lowest BCUT2D eigenvalue weighted by Gasteiger charge is -2.40. The number of aliphatic hydroxyl groups is 3. The lowest BCUT2D eigenvalue weighted by molar-refractivity contribution is -0.304. The zero-order valence-electron chi connectivity index (χ0n) is 30.4. The van der Waals surface area contributed by atoms with Crippen LogP contribution in [0.25, 0.3) is 6.08 Å². The Hall–Kier alpha value is -4.97. The van der Waals surface area contributed by atoms with E-state index in [4.69, 9.17) is 42.6 Å². The maximum Gasteiger partial charge on any atom is 0.330 e. The van der Waals surface area contributed by atoms with Gasteiger partial charge in [-0.15, -0.1) is 0 Å². The van der Waals surface area contributed by atoms with Crippen LogP contribution in [0.3, 0.4) is 0 Å². The van der Waals surface area contributed by atoms with Gasteiger partial charge in [-0.25, -0.2) is 4.79 Å². The summed E-state index contributed by atoms with van der Waals surface area (Å²) in [6.07, 6.45) is -5.39. The molecule has 2 heterocycles. The van der Waals surface area contributed by atoms with Gasteiger partial charge in [-0.1, -0.05) is 6.07 Å². The highest BCUT2D eigenvalue weighted by molar-refractivity contribution is 5.87. The smallest absolute Gasteiger partial charge is 0.330 e. The molecule has 2 aliphatic rings. The summed E-state index contributed by atoms with van der Waals surface area (Å²) in [6.45, 7) is -0.334. The average Bonchev–Trinajstić information content (AvgIpc) is 3.58. The molecule has 0 radical (unpaired) electrons. The van der Waals surface area contributed by atoms with Crippen molar-refractivity contribution in [2.45, 2.75) is 43.2 Å². The molecule has 0 spiro atoms. The summed E-state index contributed by atoms with van der Waals surface area (Å²) < 4.78 is 50.1. The minimum Gasteiger partial charge on any atom is -0.504 e. The third-order valence-corrected chi connectivity index (χ3v) is 9.48. The van der Waals surface area contributed by atoms with E-state index < -0.39 is 55.3 Å². The van der Waals surface area contributed by atoms with Crippen LogP contribution in [-0.4, -0.2) is 123 Å². The van der Waals surface area contributed by atoms with E-state index in [0.717, 1.165) is 11.6 Å². The maximum atomic E-state index is 12.5. The Labute approximate surface area is 311 Å². The van der Waals surface area contributed by atoms with Gasteiger partial charge in [0.05, 0.1) is 54.9 Å². The van der Waals surface area contributed by atoms with Crippen LogP contribution in [0.4, 0.5) is 0 Å². The average molecular weight is 759 g/mol. The van der Waals surface area contributed by atoms with Crippen LogP contribution in [0.1, 0.15) is 22.8 Å². The quantitative estimate of drug-likeness (QED) is 0.0968. The van der Waals surface area contributed by atoms with Gasteiger partial charge >= 0.3 is 5.97 Å². The number of aliphatic hydroxyl groups excluding tert-OH is 3. The first-order valence-corrected chi connectivity index (χ1v) is 17.0. The van der Waals surface area contributed by atoms with E-state index in [1.807, 2.05) is 0 Å². The molecule has 0 aliphatic carbocycles. The predicted molar refractivity (Wildman–Crippen MR) is 189 cm³/mol. The minimum atomic E-state index is -1.71. The van der Waals surface area contributed by atoms with Crippen molar-refractivity contribution in [3.8, 4) is 46.0 Å². The summed E-state index contributed by atoms with van der Waals surface area (Å²) in [5, 5.41) is 63.1. The SMILES string of the molecule is COc1cc(C=CC(=O)OCC2OC(OCC3C(Cc4cc(OC)c(O)c(OC)c4)COC3c3cc(OC)c(O)c(OC)c3)C(O)C(O)C2O)ccc1O.